The van der Waals surface area contributed by atoms with E-state index in [1.54, 1.807) is 30.3 Å². The molecule has 2 amide bonds. The topological polar surface area (TPSA) is 89.5 Å². The van der Waals surface area contributed by atoms with E-state index in [0.29, 0.717) is 11.6 Å². The number of esters is 1. The van der Waals surface area contributed by atoms with Crippen LogP contribution < -0.4 is 15.4 Å². The van der Waals surface area contributed by atoms with Crippen molar-refractivity contribution in [3.63, 3.8) is 0 Å². The Bertz CT molecular complexity index is 1380. The Morgan fingerprint density at radius 2 is 1.71 bits per heavy atom. The lowest BCUT2D eigenvalue weighted by Crippen LogP contribution is -2.55. The summed E-state index contributed by atoms with van der Waals surface area (Å²) in [6, 6.07) is 11.3. The van der Waals surface area contributed by atoms with Crippen LogP contribution in [-0.4, -0.2) is 48.6 Å². The lowest BCUT2D eigenvalue weighted by molar-refractivity contribution is -0.253. The van der Waals surface area contributed by atoms with Crippen LogP contribution in [0.1, 0.15) is 23.7 Å². The van der Waals surface area contributed by atoms with Gasteiger partial charge in [0.15, 0.2) is 0 Å². The summed E-state index contributed by atoms with van der Waals surface area (Å²) in [5, 5.41) is 4.38. The quantitative estimate of drug-likeness (QED) is 0.189. The molecule has 0 saturated heterocycles. The van der Waals surface area contributed by atoms with Gasteiger partial charge in [-0.3, -0.25) is 4.98 Å². The molecule has 15 heteroatoms. The summed E-state index contributed by atoms with van der Waals surface area (Å²) in [6.07, 6.45) is -8.42. The number of halogens is 8. The molecule has 3 aromatic rings. The number of pyridine rings is 1. The molecule has 226 valence electrons. The third-order valence-electron chi connectivity index (χ3n) is 5.72. The van der Waals surface area contributed by atoms with Crippen LogP contribution in [0.4, 0.5) is 35.5 Å². The summed E-state index contributed by atoms with van der Waals surface area (Å²) in [5.74, 6) is -8.28. The van der Waals surface area contributed by atoms with Gasteiger partial charge in [-0.25, -0.2) is 14.0 Å². The van der Waals surface area contributed by atoms with E-state index in [-0.39, 0.29) is 29.3 Å². The normalized spacial score (nSPS) is 13.3. The van der Waals surface area contributed by atoms with E-state index in [9.17, 15) is 40.3 Å². The summed E-state index contributed by atoms with van der Waals surface area (Å²) < 4.78 is 105. The van der Waals surface area contributed by atoms with Crippen molar-refractivity contribution in [3.05, 3.63) is 94.5 Å². The number of ether oxygens (including phenoxy) is 2. The van der Waals surface area contributed by atoms with E-state index in [1.807, 2.05) is 5.32 Å². The molecule has 7 nitrogen and oxygen atoms in total. The first kappa shape index (κ1) is 32.4. The maximum absolute atomic E-state index is 14.8. The number of carbonyl (C=O) groups is 2. The second-order valence-electron chi connectivity index (χ2n) is 8.80. The first-order valence-corrected chi connectivity index (χ1v) is 12.5. The Labute approximate surface area is 240 Å². The highest BCUT2D eigenvalue weighted by atomic mass is 35.5. The molecule has 0 saturated carbocycles. The first-order valence-electron chi connectivity index (χ1n) is 12.1. The van der Waals surface area contributed by atoms with Gasteiger partial charge in [0, 0.05) is 18.7 Å². The Kier molecular flexibility index (Phi) is 10.3. The van der Waals surface area contributed by atoms with Crippen molar-refractivity contribution in [2.24, 2.45) is 0 Å². The van der Waals surface area contributed by atoms with Crippen LogP contribution >= 0.6 is 11.6 Å². The largest absolute Gasteiger partial charge is 0.462 e. The van der Waals surface area contributed by atoms with Crippen molar-refractivity contribution in [1.82, 2.24) is 15.6 Å². The number of alkyl halides is 6. The van der Waals surface area contributed by atoms with E-state index < -0.39 is 54.1 Å². The van der Waals surface area contributed by atoms with Gasteiger partial charge in [-0.2, -0.15) is 26.3 Å². The van der Waals surface area contributed by atoms with Crippen LogP contribution in [0.15, 0.2) is 66.9 Å². The van der Waals surface area contributed by atoms with Crippen molar-refractivity contribution >= 4 is 23.6 Å². The van der Waals surface area contributed by atoms with Crippen LogP contribution in [-0.2, 0) is 21.5 Å². The monoisotopic (exact) mass is 621 g/mol. The summed E-state index contributed by atoms with van der Waals surface area (Å²) in [7, 11) is 0. The lowest BCUT2D eigenvalue weighted by atomic mass is 9.80. The molecule has 0 radical (unpaired) electrons. The molecule has 1 unspecified atom stereocenters. The second kappa shape index (κ2) is 13.3. The zero-order chi connectivity index (χ0) is 31.1. The minimum absolute atomic E-state index is 0.0831. The minimum atomic E-state index is -5.00. The predicted molar refractivity (Wildman–Crippen MR) is 136 cm³/mol. The SMILES string of the molecule is CCOC(=O)C(F)(F)CNC(=O)NC(Cc1ccccc1)(c1cc(F)cc(OC(F)(F)C(F)F)c1)c1ccc(Cl)cn1. The molecule has 0 aliphatic carbocycles. The summed E-state index contributed by atoms with van der Waals surface area (Å²) in [6.45, 7) is -0.553. The zero-order valence-electron chi connectivity index (χ0n) is 21.7. The Morgan fingerprint density at radius 1 is 1.02 bits per heavy atom. The fraction of sp³-hybridized carbons (Fsp3) is 0.296. The molecule has 42 heavy (non-hydrogen) atoms. The van der Waals surface area contributed by atoms with Crippen molar-refractivity contribution in [2.45, 2.75) is 37.3 Å². The average Bonchev–Trinajstić information content (AvgIpc) is 2.92. The fourth-order valence-corrected chi connectivity index (χ4v) is 3.97. The van der Waals surface area contributed by atoms with Crippen LogP contribution in [0.25, 0.3) is 0 Å². The second-order valence-corrected chi connectivity index (χ2v) is 9.24. The minimum Gasteiger partial charge on any atom is -0.462 e. The number of rotatable bonds is 12. The molecule has 3 rings (SSSR count). The Balaban J connectivity index is 2.16. The molecular formula is C27H23ClF7N3O4. The molecule has 0 spiro atoms. The number of hydrogen-bond acceptors (Lipinski definition) is 5. The van der Waals surface area contributed by atoms with Crippen LogP contribution in [0, 0.1) is 5.82 Å². The van der Waals surface area contributed by atoms with Crippen molar-refractivity contribution < 1.29 is 49.8 Å². The zero-order valence-corrected chi connectivity index (χ0v) is 22.4. The number of aromatic nitrogens is 1. The van der Waals surface area contributed by atoms with Crippen molar-refractivity contribution in [2.75, 3.05) is 13.2 Å². The summed E-state index contributed by atoms with van der Waals surface area (Å²) in [4.78, 5) is 28.8. The third kappa shape index (κ3) is 8.02. The van der Waals surface area contributed by atoms with Crippen molar-refractivity contribution in [3.8, 4) is 5.75 Å². The molecule has 1 heterocycles. The van der Waals surface area contributed by atoms with Gasteiger partial charge >= 0.3 is 30.5 Å². The van der Waals surface area contributed by atoms with E-state index in [2.05, 4.69) is 19.8 Å². The number of amides is 2. The van der Waals surface area contributed by atoms with Gasteiger partial charge in [0.05, 0.1) is 23.9 Å². The number of hydrogen-bond donors (Lipinski definition) is 2. The van der Waals surface area contributed by atoms with E-state index in [0.717, 1.165) is 18.3 Å². The summed E-state index contributed by atoms with van der Waals surface area (Å²) in [5.41, 5.74) is -2.00. The molecule has 0 fully saturated rings. The molecule has 0 aliphatic rings. The average molecular weight is 622 g/mol. The maximum Gasteiger partial charge on any atom is 0.461 e. The Hall–Kier alpha value is -4.07. The van der Waals surface area contributed by atoms with Gasteiger partial charge in [-0.15, -0.1) is 0 Å². The Morgan fingerprint density at radius 3 is 2.31 bits per heavy atom. The first-order chi connectivity index (χ1) is 19.7. The standard InChI is InChI=1S/C27H23ClF7N3O4/c1-2-41-23(39)26(32,33)15-37-24(40)38-25(13-16-6-4-3-5-7-16,21-9-8-18(28)14-36-21)17-10-19(29)12-20(11-17)42-27(34,35)22(30)31/h3-12,14,22H,2,13,15H2,1H3,(H2,37,38,40). The van der Waals surface area contributed by atoms with E-state index in [4.69, 9.17) is 11.6 Å². The van der Waals surface area contributed by atoms with Crippen molar-refractivity contribution in [1.29, 1.82) is 0 Å². The maximum atomic E-state index is 14.8. The molecule has 1 aromatic heterocycles. The van der Waals surface area contributed by atoms with E-state index >= 15 is 0 Å². The molecular weight excluding hydrogens is 599 g/mol. The number of carbonyl (C=O) groups excluding carboxylic acids is 2. The van der Waals surface area contributed by atoms with Gasteiger partial charge < -0.3 is 20.1 Å². The highest BCUT2D eigenvalue weighted by Crippen LogP contribution is 2.37. The number of benzene rings is 2. The van der Waals surface area contributed by atoms with E-state index in [1.165, 1.54) is 19.1 Å². The smallest absolute Gasteiger partial charge is 0.461 e. The van der Waals surface area contributed by atoms with Crippen LogP contribution in [0.5, 0.6) is 5.75 Å². The van der Waals surface area contributed by atoms with Gasteiger partial charge in [0.25, 0.3) is 0 Å². The molecule has 0 bridgehead atoms. The molecule has 1 atom stereocenters. The van der Waals surface area contributed by atoms with Gasteiger partial charge in [0.2, 0.25) is 0 Å². The van der Waals surface area contributed by atoms with Gasteiger partial charge in [0.1, 0.15) is 17.1 Å². The van der Waals surface area contributed by atoms with Crippen LogP contribution in [0.2, 0.25) is 5.02 Å². The van der Waals surface area contributed by atoms with Gasteiger partial charge in [-0.1, -0.05) is 41.9 Å². The highest BCUT2D eigenvalue weighted by Gasteiger charge is 2.45. The van der Waals surface area contributed by atoms with Gasteiger partial charge in [-0.05, 0) is 42.3 Å². The molecule has 0 aliphatic heterocycles. The van der Waals surface area contributed by atoms with Crippen LogP contribution in [0.3, 0.4) is 0 Å². The summed E-state index contributed by atoms with van der Waals surface area (Å²) >= 11 is 5.96. The number of nitrogens with one attached hydrogen (secondary N) is 2. The number of urea groups is 1. The predicted octanol–water partition coefficient (Wildman–Crippen LogP) is 6.09. The molecule has 2 N–H and O–H groups in total. The highest BCUT2D eigenvalue weighted by molar-refractivity contribution is 6.30. The number of nitrogens with zero attached hydrogens (tertiary/aromatic N) is 1. The third-order valence-corrected chi connectivity index (χ3v) is 5.94. The lowest BCUT2D eigenvalue weighted by Gasteiger charge is -2.36. The molecule has 2 aromatic carbocycles. The fourth-order valence-electron chi connectivity index (χ4n) is 3.86.